The standard InChI is InChI=1S/C28H20N2O8/c1-2-38-27(33)22-15-28(25(31)20-5-3-4-6-21(20)26(28)32)24(17-9-13-19(14-10-17)30(36)37)23(22)16-7-11-18(12-8-16)29(34)35/h3-15,23-24H,2H2,1H3/t23-,24+/m0/s1. The van der Waals surface area contributed by atoms with Crippen LogP contribution in [0.3, 0.4) is 0 Å². The zero-order valence-corrected chi connectivity index (χ0v) is 20.0. The fourth-order valence-corrected chi connectivity index (χ4v) is 5.54. The van der Waals surface area contributed by atoms with E-state index in [1.165, 1.54) is 54.6 Å². The lowest BCUT2D eigenvalue weighted by atomic mass is 9.66. The van der Waals surface area contributed by atoms with E-state index in [0.29, 0.717) is 11.1 Å². The predicted molar refractivity (Wildman–Crippen MR) is 134 cm³/mol. The molecule has 38 heavy (non-hydrogen) atoms. The first-order valence-corrected chi connectivity index (χ1v) is 11.8. The highest BCUT2D eigenvalue weighted by Crippen LogP contribution is 2.61. The molecule has 0 N–H and O–H groups in total. The van der Waals surface area contributed by atoms with Crippen molar-refractivity contribution in [1.82, 2.24) is 0 Å². The van der Waals surface area contributed by atoms with Gasteiger partial charge in [0.05, 0.1) is 16.5 Å². The molecule has 0 fully saturated rings. The largest absolute Gasteiger partial charge is 0.463 e. The van der Waals surface area contributed by atoms with Crippen molar-refractivity contribution in [3.63, 3.8) is 0 Å². The van der Waals surface area contributed by atoms with Gasteiger partial charge in [0.15, 0.2) is 11.6 Å². The maximum absolute atomic E-state index is 14.0. The van der Waals surface area contributed by atoms with Crippen LogP contribution in [-0.2, 0) is 9.53 Å². The molecule has 0 amide bonds. The normalized spacial score (nSPS) is 19.2. The van der Waals surface area contributed by atoms with Crippen LogP contribution < -0.4 is 0 Å². The van der Waals surface area contributed by atoms with Crippen molar-refractivity contribution in [1.29, 1.82) is 0 Å². The molecule has 0 radical (unpaired) electrons. The number of allylic oxidation sites excluding steroid dienone is 1. The van der Waals surface area contributed by atoms with Crippen molar-refractivity contribution in [3.05, 3.63) is 127 Å². The van der Waals surface area contributed by atoms with Crippen LogP contribution in [0.5, 0.6) is 0 Å². The molecule has 5 rings (SSSR count). The summed E-state index contributed by atoms with van der Waals surface area (Å²) in [5, 5.41) is 22.5. The maximum Gasteiger partial charge on any atom is 0.334 e. The minimum absolute atomic E-state index is 0.0421. The minimum Gasteiger partial charge on any atom is -0.463 e. The van der Waals surface area contributed by atoms with Crippen LogP contribution in [-0.4, -0.2) is 34.0 Å². The second kappa shape index (κ2) is 9.15. The van der Waals surface area contributed by atoms with Crippen LogP contribution in [0.4, 0.5) is 11.4 Å². The minimum atomic E-state index is -1.81. The molecule has 3 aromatic rings. The second-order valence-electron chi connectivity index (χ2n) is 9.05. The van der Waals surface area contributed by atoms with E-state index in [0.717, 1.165) is 0 Å². The number of fused-ring (bicyclic) bond motifs is 1. The van der Waals surface area contributed by atoms with Crippen LogP contribution in [0.25, 0.3) is 0 Å². The number of non-ortho nitro benzene ring substituents is 2. The number of hydrogen-bond donors (Lipinski definition) is 0. The summed E-state index contributed by atoms with van der Waals surface area (Å²) >= 11 is 0. The molecule has 3 aromatic carbocycles. The van der Waals surface area contributed by atoms with Gasteiger partial charge in [-0.05, 0) is 18.1 Å². The van der Waals surface area contributed by atoms with Crippen LogP contribution in [0, 0.1) is 25.6 Å². The summed E-state index contributed by atoms with van der Waals surface area (Å²) in [5.74, 6) is -3.59. The quantitative estimate of drug-likeness (QED) is 0.195. The van der Waals surface area contributed by atoms with Crippen LogP contribution in [0.2, 0.25) is 0 Å². The maximum atomic E-state index is 14.0. The number of ether oxygens (including phenoxy) is 1. The summed E-state index contributed by atoms with van der Waals surface area (Å²) in [4.78, 5) is 62.7. The zero-order valence-electron chi connectivity index (χ0n) is 20.0. The van der Waals surface area contributed by atoms with Gasteiger partial charge in [-0.2, -0.15) is 0 Å². The predicted octanol–water partition coefficient (Wildman–Crippen LogP) is 4.94. The van der Waals surface area contributed by atoms with E-state index in [9.17, 15) is 34.6 Å². The molecule has 0 aliphatic heterocycles. The lowest BCUT2D eigenvalue weighted by Crippen LogP contribution is -2.37. The van der Waals surface area contributed by atoms with Crippen LogP contribution >= 0.6 is 0 Å². The monoisotopic (exact) mass is 512 g/mol. The lowest BCUT2D eigenvalue weighted by Gasteiger charge is -2.32. The molecule has 0 saturated carbocycles. The van der Waals surface area contributed by atoms with E-state index >= 15 is 0 Å². The van der Waals surface area contributed by atoms with E-state index in [1.54, 1.807) is 31.2 Å². The average molecular weight is 512 g/mol. The summed E-state index contributed by atoms with van der Waals surface area (Å²) in [7, 11) is 0. The van der Waals surface area contributed by atoms with Gasteiger partial charge in [-0.25, -0.2) is 4.79 Å². The number of rotatable bonds is 6. The average Bonchev–Trinajstić information content (AvgIpc) is 3.39. The van der Waals surface area contributed by atoms with Gasteiger partial charge in [0.2, 0.25) is 0 Å². The molecule has 0 bridgehead atoms. The van der Waals surface area contributed by atoms with E-state index in [2.05, 4.69) is 0 Å². The highest BCUT2D eigenvalue weighted by atomic mass is 16.6. The van der Waals surface area contributed by atoms with E-state index in [4.69, 9.17) is 4.74 Å². The third-order valence-corrected chi connectivity index (χ3v) is 7.15. The first kappa shape index (κ1) is 24.7. The van der Waals surface area contributed by atoms with Gasteiger partial charge in [-0.3, -0.25) is 29.8 Å². The van der Waals surface area contributed by atoms with E-state index < -0.39 is 44.6 Å². The molecular weight excluding hydrogens is 492 g/mol. The second-order valence-corrected chi connectivity index (χ2v) is 9.05. The topological polar surface area (TPSA) is 147 Å². The number of nitrogens with zero attached hydrogens (tertiary/aromatic N) is 2. The fourth-order valence-electron chi connectivity index (χ4n) is 5.54. The SMILES string of the molecule is CCOC(=O)C1=CC2(C(=O)c3ccccc3C2=O)[C@H](c2ccc([N+](=O)[O-])cc2)[C@H]1c1ccc([N+](=O)[O-])cc1. The summed E-state index contributed by atoms with van der Waals surface area (Å²) in [6.45, 7) is 1.67. The van der Waals surface area contributed by atoms with Gasteiger partial charge in [-0.1, -0.05) is 54.6 Å². The Bertz CT molecular complexity index is 1500. The Morgan fingerprint density at radius 1 is 0.816 bits per heavy atom. The number of hydrogen-bond acceptors (Lipinski definition) is 8. The third kappa shape index (κ3) is 3.61. The first-order chi connectivity index (χ1) is 18.2. The van der Waals surface area contributed by atoms with Gasteiger partial charge in [0, 0.05) is 52.8 Å². The zero-order chi connectivity index (χ0) is 27.2. The van der Waals surface area contributed by atoms with Crippen molar-refractivity contribution in [2.24, 2.45) is 5.41 Å². The Kier molecular flexibility index (Phi) is 5.94. The van der Waals surface area contributed by atoms with Crippen molar-refractivity contribution in [3.8, 4) is 0 Å². The van der Waals surface area contributed by atoms with Crippen molar-refractivity contribution >= 4 is 28.9 Å². The summed E-state index contributed by atoms with van der Waals surface area (Å²) < 4.78 is 5.30. The molecule has 1 spiro atoms. The summed E-state index contributed by atoms with van der Waals surface area (Å²) in [5.41, 5.74) is -0.793. The number of nitro benzene ring substituents is 2. The van der Waals surface area contributed by atoms with Gasteiger partial charge in [0.1, 0.15) is 5.41 Å². The van der Waals surface area contributed by atoms with Crippen LogP contribution in [0.15, 0.2) is 84.4 Å². The molecular formula is C28H20N2O8. The fraction of sp³-hybridized carbons (Fsp3) is 0.179. The molecule has 0 unspecified atom stereocenters. The third-order valence-electron chi connectivity index (χ3n) is 7.15. The number of benzene rings is 3. The Labute approximate surface area is 215 Å². The molecule has 10 heteroatoms. The molecule has 2 aliphatic rings. The number of carbonyl (C=O) groups excluding carboxylic acids is 3. The molecule has 0 aromatic heterocycles. The van der Waals surface area contributed by atoms with E-state index in [1.807, 2.05) is 0 Å². The molecule has 10 nitrogen and oxygen atoms in total. The lowest BCUT2D eigenvalue weighted by molar-refractivity contribution is -0.385. The number of carbonyl (C=O) groups is 3. The van der Waals surface area contributed by atoms with Crippen molar-refractivity contribution in [2.75, 3.05) is 6.61 Å². The number of nitro groups is 2. The first-order valence-electron chi connectivity index (χ1n) is 11.8. The van der Waals surface area contributed by atoms with E-state index in [-0.39, 0.29) is 34.7 Å². The number of esters is 1. The number of ketones is 2. The van der Waals surface area contributed by atoms with Crippen molar-refractivity contribution < 1.29 is 29.0 Å². The highest BCUT2D eigenvalue weighted by Gasteiger charge is 2.63. The molecule has 2 atom stereocenters. The van der Waals surface area contributed by atoms with Gasteiger partial charge < -0.3 is 4.74 Å². The van der Waals surface area contributed by atoms with Gasteiger partial charge in [0.25, 0.3) is 11.4 Å². The molecule has 0 heterocycles. The van der Waals surface area contributed by atoms with Gasteiger partial charge >= 0.3 is 5.97 Å². The Morgan fingerprint density at radius 3 is 1.74 bits per heavy atom. The highest BCUT2D eigenvalue weighted by molar-refractivity contribution is 6.32. The molecule has 0 saturated heterocycles. The summed E-state index contributed by atoms with van der Waals surface area (Å²) in [6, 6.07) is 17.4. The molecule has 190 valence electrons. The van der Waals surface area contributed by atoms with Gasteiger partial charge in [-0.15, -0.1) is 0 Å². The molecule has 2 aliphatic carbocycles. The Balaban J connectivity index is 1.78. The van der Waals surface area contributed by atoms with Crippen molar-refractivity contribution in [2.45, 2.75) is 18.8 Å². The number of Topliss-reactive ketones (excluding diaryl/α,β-unsaturated/α-hetero) is 2. The Morgan fingerprint density at radius 2 is 1.29 bits per heavy atom. The van der Waals surface area contributed by atoms with Crippen LogP contribution in [0.1, 0.15) is 50.6 Å². The Hall–Kier alpha value is -4.99. The smallest absolute Gasteiger partial charge is 0.334 e. The summed E-state index contributed by atoms with van der Waals surface area (Å²) in [6.07, 6.45) is 1.37.